The summed E-state index contributed by atoms with van der Waals surface area (Å²) in [5.41, 5.74) is 5.48. The zero-order valence-electron chi connectivity index (χ0n) is 22.6. The molecule has 0 aliphatic carbocycles. The lowest BCUT2D eigenvalue weighted by Crippen LogP contribution is -2.46. The van der Waals surface area contributed by atoms with Crippen LogP contribution in [0.1, 0.15) is 31.7 Å². The number of aryl methyl sites for hydroxylation is 1. The molecule has 0 saturated carbocycles. The highest BCUT2D eigenvalue weighted by Gasteiger charge is 2.25. The van der Waals surface area contributed by atoms with Crippen molar-refractivity contribution in [3.05, 3.63) is 84.1 Å². The Kier molecular flexibility index (Phi) is 8.56. The van der Waals surface area contributed by atoms with E-state index in [9.17, 15) is 9.50 Å². The van der Waals surface area contributed by atoms with Crippen molar-refractivity contribution < 1.29 is 14.2 Å². The predicted octanol–water partition coefficient (Wildman–Crippen LogP) is 6.59. The van der Waals surface area contributed by atoms with Crippen molar-refractivity contribution in [2.75, 3.05) is 30.0 Å². The highest BCUT2D eigenvalue weighted by Crippen LogP contribution is 2.27. The molecule has 1 aliphatic heterocycles. The molecule has 0 bridgehead atoms. The fraction of sp³-hybridized carbons (Fsp3) is 0.300. The second-order valence-electron chi connectivity index (χ2n) is 9.47. The molecule has 2 N–H and O–H groups in total. The fourth-order valence-electron chi connectivity index (χ4n) is 4.65. The van der Waals surface area contributed by atoms with Gasteiger partial charge in [0.1, 0.15) is 12.3 Å². The average molecular weight is 542 g/mol. The Bertz CT molecular complexity index is 1480. The zero-order chi connectivity index (χ0) is 27.9. The first-order chi connectivity index (χ1) is 19.5. The van der Waals surface area contributed by atoms with E-state index in [1.807, 2.05) is 67.3 Å². The molecule has 5 rings (SSSR count). The van der Waals surface area contributed by atoms with Crippen LogP contribution in [0.2, 0.25) is 0 Å². The highest BCUT2D eigenvalue weighted by molar-refractivity contribution is 5.69. The van der Waals surface area contributed by atoms with Crippen molar-refractivity contribution in [1.82, 2.24) is 15.0 Å². The molecule has 3 heterocycles. The van der Waals surface area contributed by atoms with Crippen LogP contribution in [0.4, 0.5) is 27.5 Å². The van der Waals surface area contributed by atoms with E-state index in [1.54, 1.807) is 12.1 Å². The van der Waals surface area contributed by atoms with Gasteiger partial charge in [-0.1, -0.05) is 38.1 Å². The molecule has 2 aromatic heterocycles. The van der Waals surface area contributed by atoms with Gasteiger partial charge in [0.15, 0.2) is 11.6 Å². The molecule has 1 aliphatic rings. The lowest BCUT2D eigenvalue weighted by Gasteiger charge is -2.35. The van der Waals surface area contributed by atoms with Gasteiger partial charge in [0.25, 0.3) is 5.95 Å². The van der Waals surface area contributed by atoms with Crippen molar-refractivity contribution in [1.29, 1.82) is 0 Å². The molecular formula is C30H32FN7O2. The number of hydrogen-bond acceptors (Lipinski definition) is 9. The topological polar surface area (TPSA) is 108 Å². The van der Waals surface area contributed by atoms with Crippen LogP contribution in [0.5, 0.6) is 5.75 Å². The molecule has 0 radical (unpaired) electrons. The maximum Gasteiger partial charge on any atom is 0.270 e. The van der Waals surface area contributed by atoms with E-state index in [-0.39, 0.29) is 30.1 Å². The van der Waals surface area contributed by atoms with Crippen molar-refractivity contribution in [2.24, 2.45) is 10.2 Å². The molecule has 4 aromatic rings. The third-order valence-corrected chi connectivity index (χ3v) is 6.79. The molecule has 9 nitrogen and oxygen atoms in total. The van der Waals surface area contributed by atoms with Crippen LogP contribution in [0.3, 0.4) is 0 Å². The van der Waals surface area contributed by atoms with Gasteiger partial charge in [-0.25, -0.2) is 9.37 Å². The summed E-state index contributed by atoms with van der Waals surface area (Å²) in [6.07, 6.45) is 2.70. The Labute approximate surface area is 232 Å². The molecule has 0 amide bonds. The van der Waals surface area contributed by atoms with Crippen molar-refractivity contribution in [3.63, 3.8) is 0 Å². The van der Waals surface area contributed by atoms with Gasteiger partial charge in [0.05, 0.1) is 42.5 Å². The summed E-state index contributed by atoms with van der Waals surface area (Å²) in [5.74, 6) is 0.105. The van der Waals surface area contributed by atoms with Gasteiger partial charge < -0.3 is 20.1 Å². The second kappa shape index (κ2) is 12.6. The fourth-order valence-corrected chi connectivity index (χ4v) is 4.65. The molecule has 2 aromatic carbocycles. The van der Waals surface area contributed by atoms with E-state index in [2.05, 4.69) is 25.5 Å². The van der Waals surface area contributed by atoms with Gasteiger partial charge in [-0.2, -0.15) is 10.1 Å². The SMILES string of the molecule is CCc1nc(CN=Nc2ncc(F)c(N3CCOCC3CC)n2)ccc1Nc1ccc(-c2cccc(O)c2)cc1. The number of aromatic nitrogens is 3. The van der Waals surface area contributed by atoms with E-state index in [1.165, 1.54) is 0 Å². The Hall–Kier alpha value is -4.44. The first-order valence-electron chi connectivity index (χ1n) is 13.4. The molecule has 0 spiro atoms. The standard InChI is InChI=1S/C30H32FN7O2/c1-3-24-19-40-15-14-38(24)29-26(31)18-32-30(36-29)37-33-17-23-12-13-28(27(4-2)35-23)34-22-10-8-20(9-11-22)21-6-5-7-25(39)16-21/h5-13,16,18,24,34,39H,3-4,14-15,17,19H2,1-2H3. The molecule has 10 heteroatoms. The molecule has 1 atom stereocenters. The number of azo groups is 1. The minimum atomic E-state index is -0.481. The summed E-state index contributed by atoms with van der Waals surface area (Å²) < 4.78 is 20.1. The maximum atomic E-state index is 14.5. The van der Waals surface area contributed by atoms with Gasteiger partial charge in [0, 0.05) is 12.2 Å². The quantitative estimate of drug-likeness (QED) is 0.230. The zero-order valence-corrected chi connectivity index (χ0v) is 22.6. The van der Waals surface area contributed by atoms with Crippen molar-refractivity contribution in [2.45, 2.75) is 39.3 Å². The first-order valence-corrected chi connectivity index (χ1v) is 13.4. The van der Waals surface area contributed by atoms with E-state index in [0.717, 1.165) is 52.9 Å². The lowest BCUT2D eigenvalue weighted by atomic mass is 10.1. The molecule has 206 valence electrons. The summed E-state index contributed by atoms with van der Waals surface area (Å²) in [6.45, 7) is 5.97. The summed E-state index contributed by atoms with van der Waals surface area (Å²) in [5, 5.41) is 21.6. The van der Waals surface area contributed by atoms with Gasteiger partial charge in [-0.15, -0.1) is 5.11 Å². The number of pyridine rings is 1. The number of hydrogen-bond donors (Lipinski definition) is 2. The van der Waals surface area contributed by atoms with Crippen LogP contribution in [0.15, 0.2) is 77.1 Å². The van der Waals surface area contributed by atoms with Crippen LogP contribution in [-0.4, -0.2) is 45.9 Å². The largest absolute Gasteiger partial charge is 0.508 e. The summed E-state index contributed by atoms with van der Waals surface area (Å²) >= 11 is 0. The van der Waals surface area contributed by atoms with Crippen LogP contribution in [0.25, 0.3) is 11.1 Å². The predicted molar refractivity (Wildman–Crippen MR) is 153 cm³/mol. The number of nitrogens with zero attached hydrogens (tertiary/aromatic N) is 6. The third kappa shape index (κ3) is 6.40. The monoisotopic (exact) mass is 541 g/mol. The number of aromatic hydroxyl groups is 1. The second-order valence-corrected chi connectivity index (χ2v) is 9.47. The number of halogens is 1. The van der Waals surface area contributed by atoms with Crippen LogP contribution >= 0.6 is 0 Å². The van der Waals surface area contributed by atoms with Crippen LogP contribution in [-0.2, 0) is 17.7 Å². The van der Waals surface area contributed by atoms with Crippen molar-refractivity contribution in [3.8, 4) is 16.9 Å². The van der Waals surface area contributed by atoms with E-state index in [4.69, 9.17) is 9.72 Å². The molecular weight excluding hydrogens is 509 g/mol. The Morgan fingerprint density at radius 1 is 1.07 bits per heavy atom. The molecule has 1 unspecified atom stereocenters. The highest BCUT2D eigenvalue weighted by atomic mass is 19.1. The third-order valence-electron chi connectivity index (χ3n) is 6.79. The molecule has 40 heavy (non-hydrogen) atoms. The smallest absolute Gasteiger partial charge is 0.270 e. The van der Waals surface area contributed by atoms with Crippen LogP contribution < -0.4 is 10.2 Å². The summed E-state index contributed by atoms with van der Waals surface area (Å²) in [6, 6.07) is 19.1. The van der Waals surface area contributed by atoms with Gasteiger partial charge in [-0.3, -0.25) is 4.98 Å². The van der Waals surface area contributed by atoms with Crippen LogP contribution in [0, 0.1) is 5.82 Å². The number of phenolic OH excluding ortho intramolecular Hbond substituents is 1. The number of rotatable bonds is 9. The number of nitrogens with one attached hydrogen (secondary N) is 1. The average Bonchev–Trinajstić information content (AvgIpc) is 2.99. The Morgan fingerprint density at radius 3 is 2.70 bits per heavy atom. The van der Waals surface area contributed by atoms with Gasteiger partial charge in [0.2, 0.25) is 0 Å². The number of anilines is 3. The Balaban J connectivity index is 1.25. The number of morpholine rings is 1. The number of benzene rings is 2. The first kappa shape index (κ1) is 27.1. The Morgan fingerprint density at radius 2 is 1.93 bits per heavy atom. The molecule has 1 fully saturated rings. The van der Waals surface area contributed by atoms with Gasteiger partial charge >= 0.3 is 0 Å². The number of phenols is 1. The van der Waals surface area contributed by atoms with E-state index < -0.39 is 5.82 Å². The van der Waals surface area contributed by atoms with Gasteiger partial charge in [-0.05, 0) is 60.4 Å². The van der Waals surface area contributed by atoms with Crippen molar-refractivity contribution >= 4 is 23.1 Å². The van der Waals surface area contributed by atoms with E-state index in [0.29, 0.717) is 19.8 Å². The number of ether oxygens (including phenoxy) is 1. The minimum Gasteiger partial charge on any atom is -0.508 e. The normalized spacial score (nSPS) is 15.5. The molecule has 1 saturated heterocycles. The lowest BCUT2D eigenvalue weighted by molar-refractivity contribution is 0.0921. The summed E-state index contributed by atoms with van der Waals surface area (Å²) in [4.78, 5) is 15.0. The summed E-state index contributed by atoms with van der Waals surface area (Å²) in [7, 11) is 0. The van der Waals surface area contributed by atoms with E-state index >= 15 is 0 Å². The minimum absolute atomic E-state index is 0.0583. The maximum absolute atomic E-state index is 14.5.